The Hall–Kier alpha value is -1.18. The normalized spacial score (nSPS) is 14.5. The standard InChI is InChI=1S/C7H14N2O5/c1-14-5(2-8)6(11)9-4(3-10)7(12)13/h4-5,10H,2-3,8H2,1H3,(H,9,11)(H,12,13). The first-order valence-corrected chi connectivity index (χ1v) is 3.93. The lowest BCUT2D eigenvalue weighted by Crippen LogP contribution is -2.49. The van der Waals surface area contributed by atoms with Gasteiger partial charge in [-0.25, -0.2) is 4.79 Å². The third-order valence-corrected chi connectivity index (χ3v) is 1.59. The molecule has 7 nitrogen and oxygen atoms in total. The van der Waals surface area contributed by atoms with E-state index in [0.717, 1.165) is 0 Å². The molecule has 7 heteroatoms. The highest BCUT2D eigenvalue weighted by Crippen LogP contribution is 1.90. The first-order chi connectivity index (χ1) is 6.56. The van der Waals surface area contributed by atoms with Crippen LogP contribution in [0.15, 0.2) is 0 Å². The van der Waals surface area contributed by atoms with Crippen LogP contribution in [-0.2, 0) is 14.3 Å². The molecule has 0 aliphatic rings. The summed E-state index contributed by atoms with van der Waals surface area (Å²) in [4.78, 5) is 21.6. The van der Waals surface area contributed by atoms with Crippen LogP contribution in [0.4, 0.5) is 0 Å². The second-order valence-electron chi connectivity index (χ2n) is 2.54. The van der Waals surface area contributed by atoms with Crippen molar-refractivity contribution >= 4 is 11.9 Å². The van der Waals surface area contributed by atoms with E-state index in [1.807, 2.05) is 0 Å². The van der Waals surface area contributed by atoms with Gasteiger partial charge in [-0.3, -0.25) is 4.79 Å². The third kappa shape index (κ3) is 3.69. The summed E-state index contributed by atoms with van der Waals surface area (Å²) in [6.45, 7) is -0.734. The van der Waals surface area contributed by atoms with Crippen molar-refractivity contribution in [3.05, 3.63) is 0 Å². The Morgan fingerprint density at radius 3 is 2.43 bits per heavy atom. The lowest BCUT2D eigenvalue weighted by Gasteiger charge is -2.16. The van der Waals surface area contributed by atoms with E-state index in [0.29, 0.717) is 0 Å². The molecule has 82 valence electrons. The highest BCUT2D eigenvalue weighted by atomic mass is 16.5. The fourth-order valence-corrected chi connectivity index (χ4v) is 0.760. The van der Waals surface area contributed by atoms with E-state index in [9.17, 15) is 9.59 Å². The summed E-state index contributed by atoms with van der Waals surface area (Å²) in [5.41, 5.74) is 5.18. The van der Waals surface area contributed by atoms with Crippen LogP contribution in [0.2, 0.25) is 0 Å². The van der Waals surface area contributed by atoms with Gasteiger partial charge in [0.15, 0.2) is 0 Å². The number of aliphatic carboxylic acids is 1. The summed E-state index contributed by atoms with van der Waals surface area (Å²) < 4.78 is 4.67. The number of ether oxygens (including phenoxy) is 1. The average molecular weight is 206 g/mol. The van der Waals surface area contributed by atoms with Gasteiger partial charge in [0, 0.05) is 13.7 Å². The number of nitrogens with one attached hydrogen (secondary N) is 1. The van der Waals surface area contributed by atoms with E-state index in [1.54, 1.807) is 0 Å². The van der Waals surface area contributed by atoms with Gasteiger partial charge in [0.05, 0.1) is 6.61 Å². The number of carbonyl (C=O) groups excluding carboxylic acids is 1. The number of aliphatic hydroxyl groups is 1. The predicted molar refractivity (Wildman–Crippen MR) is 46.5 cm³/mol. The number of carboxylic acid groups (broad SMARTS) is 1. The number of carboxylic acids is 1. The SMILES string of the molecule is COC(CN)C(=O)NC(CO)C(=O)O. The predicted octanol–water partition coefficient (Wildman–Crippen LogP) is -2.48. The fraction of sp³-hybridized carbons (Fsp3) is 0.714. The summed E-state index contributed by atoms with van der Waals surface area (Å²) in [7, 11) is 1.28. The zero-order chi connectivity index (χ0) is 11.1. The van der Waals surface area contributed by atoms with E-state index in [1.165, 1.54) is 7.11 Å². The Labute approximate surface area is 80.8 Å². The van der Waals surface area contributed by atoms with Crippen molar-refractivity contribution < 1.29 is 24.5 Å². The average Bonchev–Trinajstić information content (AvgIpc) is 2.15. The minimum atomic E-state index is -1.33. The summed E-state index contributed by atoms with van der Waals surface area (Å²) in [5.74, 6) is -1.97. The second-order valence-corrected chi connectivity index (χ2v) is 2.54. The second kappa shape index (κ2) is 6.30. The van der Waals surface area contributed by atoms with Crippen molar-refractivity contribution in [2.75, 3.05) is 20.3 Å². The molecule has 0 saturated carbocycles. The van der Waals surface area contributed by atoms with Crippen LogP contribution in [0, 0.1) is 0 Å². The molecule has 0 heterocycles. The smallest absolute Gasteiger partial charge is 0.328 e. The van der Waals surface area contributed by atoms with Gasteiger partial charge in [-0.15, -0.1) is 0 Å². The molecule has 0 bridgehead atoms. The zero-order valence-corrected chi connectivity index (χ0v) is 7.77. The summed E-state index contributed by atoms with van der Waals surface area (Å²) in [6, 6.07) is -1.33. The van der Waals surface area contributed by atoms with Gasteiger partial charge >= 0.3 is 5.97 Å². The number of rotatable bonds is 6. The molecule has 0 spiro atoms. The Balaban J connectivity index is 4.20. The number of nitrogens with two attached hydrogens (primary N) is 1. The van der Waals surface area contributed by atoms with Crippen LogP contribution in [-0.4, -0.2) is 54.5 Å². The van der Waals surface area contributed by atoms with Gasteiger partial charge in [-0.1, -0.05) is 0 Å². The molecule has 0 radical (unpaired) electrons. The van der Waals surface area contributed by atoms with Crippen molar-refractivity contribution in [2.24, 2.45) is 5.73 Å². The molecule has 0 saturated heterocycles. The van der Waals surface area contributed by atoms with E-state index in [2.05, 4.69) is 10.1 Å². The van der Waals surface area contributed by atoms with E-state index >= 15 is 0 Å². The molecular weight excluding hydrogens is 192 g/mol. The molecule has 0 aliphatic carbocycles. The highest BCUT2D eigenvalue weighted by Gasteiger charge is 2.23. The highest BCUT2D eigenvalue weighted by molar-refractivity contribution is 5.86. The van der Waals surface area contributed by atoms with E-state index in [-0.39, 0.29) is 6.54 Å². The van der Waals surface area contributed by atoms with Gasteiger partial charge in [0.1, 0.15) is 12.1 Å². The molecule has 0 aromatic heterocycles. The van der Waals surface area contributed by atoms with Crippen LogP contribution in [0.3, 0.4) is 0 Å². The largest absolute Gasteiger partial charge is 0.480 e. The minimum absolute atomic E-state index is 0.0555. The number of aliphatic hydroxyl groups excluding tert-OH is 1. The first-order valence-electron chi connectivity index (χ1n) is 3.93. The van der Waals surface area contributed by atoms with Crippen molar-refractivity contribution in [2.45, 2.75) is 12.1 Å². The number of amides is 1. The topological polar surface area (TPSA) is 122 Å². The van der Waals surface area contributed by atoms with E-state index < -0.39 is 30.6 Å². The molecule has 2 unspecified atom stereocenters. The number of hydrogen-bond donors (Lipinski definition) is 4. The zero-order valence-electron chi connectivity index (χ0n) is 7.77. The molecule has 0 aromatic carbocycles. The maximum atomic E-state index is 11.2. The Morgan fingerprint density at radius 1 is 1.57 bits per heavy atom. The molecular formula is C7H14N2O5. The molecule has 1 amide bonds. The molecule has 0 aliphatic heterocycles. The maximum Gasteiger partial charge on any atom is 0.328 e. The molecule has 14 heavy (non-hydrogen) atoms. The Morgan fingerprint density at radius 2 is 2.14 bits per heavy atom. The minimum Gasteiger partial charge on any atom is -0.480 e. The first kappa shape index (κ1) is 12.8. The molecule has 0 rings (SSSR count). The van der Waals surface area contributed by atoms with Crippen LogP contribution >= 0.6 is 0 Å². The molecule has 5 N–H and O–H groups in total. The van der Waals surface area contributed by atoms with Gasteiger partial charge in [0.2, 0.25) is 0 Å². The summed E-state index contributed by atoms with van der Waals surface area (Å²) in [6.07, 6.45) is -0.900. The van der Waals surface area contributed by atoms with Gasteiger partial charge in [-0.2, -0.15) is 0 Å². The molecule has 0 fully saturated rings. The van der Waals surface area contributed by atoms with E-state index in [4.69, 9.17) is 15.9 Å². The van der Waals surface area contributed by atoms with Crippen molar-refractivity contribution in [3.63, 3.8) is 0 Å². The van der Waals surface area contributed by atoms with Crippen molar-refractivity contribution in [1.29, 1.82) is 0 Å². The third-order valence-electron chi connectivity index (χ3n) is 1.59. The monoisotopic (exact) mass is 206 g/mol. The Kier molecular flexibility index (Phi) is 5.77. The molecule has 0 aromatic rings. The Bertz CT molecular complexity index is 204. The quantitative estimate of drug-likeness (QED) is 0.382. The van der Waals surface area contributed by atoms with Crippen molar-refractivity contribution in [1.82, 2.24) is 5.32 Å². The lowest BCUT2D eigenvalue weighted by molar-refractivity contribution is -0.144. The van der Waals surface area contributed by atoms with Gasteiger partial charge in [0.25, 0.3) is 5.91 Å². The van der Waals surface area contributed by atoms with Gasteiger partial charge in [-0.05, 0) is 0 Å². The van der Waals surface area contributed by atoms with Gasteiger partial charge < -0.3 is 26.0 Å². The number of carbonyl (C=O) groups is 2. The number of methoxy groups -OCH3 is 1. The summed E-state index contributed by atoms with van der Waals surface area (Å²) >= 11 is 0. The maximum absolute atomic E-state index is 11.2. The van der Waals surface area contributed by atoms with Crippen LogP contribution < -0.4 is 11.1 Å². The van der Waals surface area contributed by atoms with Crippen LogP contribution in [0.25, 0.3) is 0 Å². The summed E-state index contributed by atoms with van der Waals surface area (Å²) in [5, 5.41) is 19.2. The number of hydrogen-bond acceptors (Lipinski definition) is 5. The van der Waals surface area contributed by atoms with Crippen LogP contribution in [0.5, 0.6) is 0 Å². The van der Waals surface area contributed by atoms with Crippen LogP contribution in [0.1, 0.15) is 0 Å². The van der Waals surface area contributed by atoms with Crippen molar-refractivity contribution in [3.8, 4) is 0 Å². The lowest BCUT2D eigenvalue weighted by atomic mass is 10.2. The fourth-order valence-electron chi connectivity index (χ4n) is 0.760. The molecule has 2 atom stereocenters.